The minimum atomic E-state index is -0.889. The predicted molar refractivity (Wildman–Crippen MR) is 138 cm³/mol. The molecular formula is C29H23N3O6. The first-order valence-electron chi connectivity index (χ1n) is 12.3. The summed E-state index contributed by atoms with van der Waals surface area (Å²) >= 11 is 0. The Balaban J connectivity index is 1.28. The smallest absolute Gasteiger partial charge is 0.247 e. The van der Waals surface area contributed by atoms with Crippen LogP contribution in [0.1, 0.15) is 17.2 Å². The van der Waals surface area contributed by atoms with Gasteiger partial charge in [0.15, 0.2) is 11.5 Å². The first-order chi connectivity index (χ1) is 18.5. The van der Waals surface area contributed by atoms with E-state index in [2.05, 4.69) is 5.32 Å². The zero-order chi connectivity index (χ0) is 26.0. The second-order valence-corrected chi connectivity index (χ2v) is 9.60. The molecule has 4 aliphatic rings. The maximum absolute atomic E-state index is 13.9. The van der Waals surface area contributed by atoms with Crippen molar-refractivity contribution in [1.29, 1.82) is 0 Å². The summed E-state index contributed by atoms with van der Waals surface area (Å²) in [5, 5.41) is 2.94. The van der Waals surface area contributed by atoms with Crippen LogP contribution in [-0.4, -0.2) is 42.6 Å². The summed E-state index contributed by atoms with van der Waals surface area (Å²) in [4.78, 5) is 44.8. The molecule has 2 fully saturated rings. The van der Waals surface area contributed by atoms with Crippen LogP contribution >= 0.6 is 0 Å². The summed E-state index contributed by atoms with van der Waals surface area (Å²) in [6.45, 7) is 0.122. The second-order valence-electron chi connectivity index (χ2n) is 9.60. The molecule has 2 saturated heterocycles. The molecule has 7 rings (SSSR count). The molecular weight excluding hydrogens is 486 g/mol. The molecule has 0 aliphatic carbocycles. The first kappa shape index (κ1) is 22.4. The van der Waals surface area contributed by atoms with Gasteiger partial charge in [0, 0.05) is 18.0 Å². The number of carbonyl (C=O) groups excluding carboxylic acids is 3. The summed E-state index contributed by atoms with van der Waals surface area (Å²) in [6.07, 6.45) is 3.75. The molecule has 4 aliphatic heterocycles. The van der Waals surface area contributed by atoms with Gasteiger partial charge < -0.3 is 24.4 Å². The number of imide groups is 1. The number of anilines is 2. The van der Waals surface area contributed by atoms with Crippen molar-refractivity contribution in [1.82, 2.24) is 4.90 Å². The monoisotopic (exact) mass is 509 g/mol. The lowest BCUT2D eigenvalue weighted by Crippen LogP contribution is -2.46. The number of fused-ring (bicyclic) bond motifs is 6. The number of benzene rings is 3. The average molecular weight is 510 g/mol. The van der Waals surface area contributed by atoms with Crippen LogP contribution in [0, 0.1) is 11.8 Å². The lowest BCUT2D eigenvalue weighted by atomic mass is 9.84. The van der Waals surface area contributed by atoms with Crippen molar-refractivity contribution in [3.8, 4) is 17.2 Å². The van der Waals surface area contributed by atoms with E-state index in [-0.39, 0.29) is 18.6 Å². The molecule has 1 N–H and O–H groups in total. The molecule has 0 aromatic heterocycles. The van der Waals surface area contributed by atoms with Crippen LogP contribution in [0.15, 0.2) is 72.9 Å². The number of methoxy groups -OCH3 is 1. The van der Waals surface area contributed by atoms with Gasteiger partial charge in [0.25, 0.3) is 0 Å². The SMILES string of the molecule is COc1ccc(N2C(=O)C3C(C2=O)C2c4ccccc4C=CN2C3C(=O)Nc2ccc3c(c2)OCO3)cc1. The van der Waals surface area contributed by atoms with Gasteiger partial charge >= 0.3 is 0 Å². The number of nitrogens with zero attached hydrogens (tertiary/aromatic N) is 2. The van der Waals surface area contributed by atoms with E-state index in [9.17, 15) is 14.4 Å². The fraction of sp³-hybridized carbons (Fsp3) is 0.207. The topological polar surface area (TPSA) is 97.4 Å². The summed E-state index contributed by atoms with van der Waals surface area (Å²) in [7, 11) is 1.55. The van der Waals surface area contributed by atoms with E-state index in [4.69, 9.17) is 14.2 Å². The highest BCUT2D eigenvalue weighted by atomic mass is 16.7. The van der Waals surface area contributed by atoms with Gasteiger partial charge in [-0.1, -0.05) is 24.3 Å². The molecule has 3 aromatic rings. The van der Waals surface area contributed by atoms with E-state index < -0.39 is 29.8 Å². The fourth-order valence-electron chi connectivity index (χ4n) is 6.03. The second kappa shape index (κ2) is 8.37. The molecule has 9 nitrogen and oxygen atoms in total. The minimum Gasteiger partial charge on any atom is -0.497 e. The maximum Gasteiger partial charge on any atom is 0.247 e. The summed E-state index contributed by atoms with van der Waals surface area (Å²) < 4.78 is 16.0. The molecule has 190 valence electrons. The van der Waals surface area contributed by atoms with Crippen molar-refractivity contribution < 1.29 is 28.6 Å². The van der Waals surface area contributed by atoms with Gasteiger partial charge in [-0.2, -0.15) is 0 Å². The van der Waals surface area contributed by atoms with Crippen molar-refractivity contribution >= 4 is 35.2 Å². The van der Waals surface area contributed by atoms with Gasteiger partial charge in [-0.05, 0) is 53.6 Å². The molecule has 0 saturated carbocycles. The molecule has 0 spiro atoms. The number of nitrogens with one attached hydrogen (secondary N) is 1. The predicted octanol–water partition coefficient (Wildman–Crippen LogP) is 3.58. The lowest BCUT2D eigenvalue weighted by Gasteiger charge is -2.35. The van der Waals surface area contributed by atoms with E-state index in [1.54, 1.807) is 49.6 Å². The number of rotatable bonds is 4. The Kier molecular flexibility index (Phi) is 4.94. The molecule has 4 atom stereocenters. The highest BCUT2D eigenvalue weighted by molar-refractivity contribution is 6.24. The van der Waals surface area contributed by atoms with Gasteiger partial charge in [0.1, 0.15) is 11.8 Å². The Hall–Kier alpha value is -4.79. The van der Waals surface area contributed by atoms with Crippen molar-refractivity contribution in [2.45, 2.75) is 12.1 Å². The molecule has 0 radical (unpaired) electrons. The maximum atomic E-state index is 13.9. The quantitative estimate of drug-likeness (QED) is 0.537. The van der Waals surface area contributed by atoms with Gasteiger partial charge in [-0.25, -0.2) is 4.90 Å². The van der Waals surface area contributed by atoms with Crippen LogP contribution in [0.4, 0.5) is 11.4 Å². The van der Waals surface area contributed by atoms with E-state index in [0.29, 0.717) is 28.6 Å². The van der Waals surface area contributed by atoms with Crippen molar-refractivity contribution in [3.05, 3.63) is 84.1 Å². The van der Waals surface area contributed by atoms with Crippen LogP contribution in [0.5, 0.6) is 17.2 Å². The molecule has 4 unspecified atom stereocenters. The van der Waals surface area contributed by atoms with Gasteiger partial charge in [-0.15, -0.1) is 0 Å². The number of carbonyl (C=O) groups is 3. The third kappa shape index (κ3) is 3.21. The first-order valence-corrected chi connectivity index (χ1v) is 12.3. The van der Waals surface area contributed by atoms with Crippen molar-refractivity contribution in [2.75, 3.05) is 24.1 Å². The summed E-state index contributed by atoms with van der Waals surface area (Å²) in [6, 6.07) is 18.4. The van der Waals surface area contributed by atoms with Gasteiger partial charge in [0.2, 0.25) is 24.5 Å². The summed E-state index contributed by atoms with van der Waals surface area (Å²) in [5.74, 6) is -0.905. The molecule has 3 aromatic carbocycles. The summed E-state index contributed by atoms with van der Waals surface area (Å²) in [5.41, 5.74) is 2.86. The highest BCUT2D eigenvalue weighted by Crippen LogP contribution is 2.53. The zero-order valence-electron chi connectivity index (χ0n) is 20.4. The zero-order valence-corrected chi connectivity index (χ0v) is 20.4. The van der Waals surface area contributed by atoms with Crippen LogP contribution in [0.25, 0.3) is 6.08 Å². The van der Waals surface area contributed by atoms with Gasteiger partial charge in [-0.3, -0.25) is 14.4 Å². The van der Waals surface area contributed by atoms with E-state index >= 15 is 0 Å². The largest absolute Gasteiger partial charge is 0.497 e. The van der Waals surface area contributed by atoms with Crippen molar-refractivity contribution in [3.63, 3.8) is 0 Å². The van der Waals surface area contributed by atoms with Crippen LogP contribution < -0.4 is 24.4 Å². The third-order valence-electron chi connectivity index (χ3n) is 7.70. The van der Waals surface area contributed by atoms with E-state index in [1.165, 1.54) is 4.90 Å². The number of amides is 3. The Labute approximate surface area is 218 Å². The number of hydrogen-bond donors (Lipinski definition) is 1. The van der Waals surface area contributed by atoms with Crippen LogP contribution in [0.3, 0.4) is 0 Å². The molecule has 9 heteroatoms. The molecule has 3 amide bonds. The molecule has 0 bridgehead atoms. The standard InChI is InChI=1S/C29H23N3O6/c1-36-19-9-7-18(8-10-19)32-28(34)23-24(29(32)35)26(31-13-12-16-4-2-3-5-20(16)25(23)31)27(33)30-17-6-11-21-22(14-17)38-15-37-21/h2-14,23-26H,15H2,1H3,(H,30,33). The van der Waals surface area contributed by atoms with Crippen LogP contribution in [-0.2, 0) is 14.4 Å². The lowest BCUT2D eigenvalue weighted by molar-refractivity contribution is -0.128. The molecule has 38 heavy (non-hydrogen) atoms. The number of hydrogen-bond acceptors (Lipinski definition) is 7. The van der Waals surface area contributed by atoms with Gasteiger partial charge in [0.05, 0.1) is 30.7 Å². The Morgan fingerprint density at radius 1 is 0.947 bits per heavy atom. The number of ether oxygens (including phenoxy) is 3. The Morgan fingerprint density at radius 3 is 2.53 bits per heavy atom. The minimum absolute atomic E-state index is 0.122. The normalized spacial score (nSPS) is 24.2. The van der Waals surface area contributed by atoms with E-state index in [0.717, 1.165) is 11.1 Å². The van der Waals surface area contributed by atoms with Crippen LogP contribution in [0.2, 0.25) is 0 Å². The van der Waals surface area contributed by atoms with E-state index in [1.807, 2.05) is 41.4 Å². The highest BCUT2D eigenvalue weighted by Gasteiger charge is 2.64. The third-order valence-corrected chi connectivity index (χ3v) is 7.70. The fourth-order valence-corrected chi connectivity index (χ4v) is 6.03. The Bertz CT molecular complexity index is 1520. The average Bonchev–Trinajstić information content (AvgIpc) is 3.61. The Morgan fingerprint density at radius 2 is 1.71 bits per heavy atom. The van der Waals surface area contributed by atoms with Crippen molar-refractivity contribution in [2.24, 2.45) is 11.8 Å². The molecule has 4 heterocycles.